The summed E-state index contributed by atoms with van der Waals surface area (Å²) in [4.78, 5) is 36.6. The molecule has 0 spiro atoms. The summed E-state index contributed by atoms with van der Waals surface area (Å²) in [5.74, 6) is -1.36. The van der Waals surface area contributed by atoms with Gasteiger partial charge in [0.15, 0.2) is 6.61 Å². The van der Waals surface area contributed by atoms with E-state index < -0.39 is 18.5 Å². The number of carbonyl (C=O) groups is 3. The molecular formula is C16H19N3O4. The lowest BCUT2D eigenvalue weighted by molar-refractivity contribution is -0.138. The predicted octanol–water partition coefficient (Wildman–Crippen LogP) is 0.700. The number of ether oxygens (including phenoxy) is 1. The zero-order valence-corrected chi connectivity index (χ0v) is 13.2. The third kappa shape index (κ3) is 5.79. The smallest absolute Gasteiger partial charge is 0.338 e. The molecule has 0 radical (unpaired) electrons. The van der Waals surface area contributed by atoms with Crippen molar-refractivity contribution in [1.29, 1.82) is 5.26 Å². The van der Waals surface area contributed by atoms with Crippen molar-refractivity contribution in [2.75, 3.05) is 26.2 Å². The molecule has 1 aromatic rings. The Hall–Kier alpha value is -2.88. The van der Waals surface area contributed by atoms with Crippen molar-refractivity contribution >= 4 is 17.8 Å². The lowest BCUT2D eigenvalue weighted by atomic mass is 10.1. The average Bonchev–Trinajstić information content (AvgIpc) is 2.57. The second-order valence-corrected chi connectivity index (χ2v) is 4.63. The first kappa shape index (κ1) is 18.2. The fourth-order valence-electron chi connectivity index (χ4n) is 1.79. The van der Waals surface area contributed by atoms with Gasteiger partial charge in [-0.25, -0.2) is 4.79 Å². The number of benzene rings is 1. The van der Waals surface area contributed by atoms with Crippen LogP contribution in [0.2, 0.25) is 0 Å². The lowest BCUT2D eigenvalue weighted by Gasteiger charge is -2.20. The average molecular weight is 317 g/mol. The summed E-state index contributed by atoms with van der Waals surface area (Å²) in [6.07, 6.45) is 0. The van der Waals surface area contributed by atoms with Crippen molar-refractivity contribution in [3.8, 4) is 6.07 Å². The Bertz CT molecular complexity index is 605. The number of rotatable bonds is 7. The third-order valence-corrected chi connectivity index (χ3v) is 3.02. The topological polar surface area (TPSA) is 99.5 Å². The van der Waals surface area contributed by atoms with Crippen molar-refractivity contribution in [2.24, 2.45) is 0 Å². The van der Waals surface area contributed by atoms with Gasteiger partial charge in [-0.05, 0) is 38.1 Å². The summed E-state index contributed by atoms with van der Waals surface area (Å²) >= 11 is 0. The number of esters is 1. The van der Waals surface area contributed by atoms with E-state index in [4.69, 9.17) is 10.00 Å². The Kier molecular flexibility index (Phi) is 7.27. The lowest BCUT2D eigenvalue weighted by Crippen LogP contribution is -2.42. The van der Waals surface area contributed by atoms with E-state index >= 15 is 0 Å². The van der Waals surface area contributed by atoms with Crippen LogP contribution < -0.4 is 5.32 Å². The Labute approximate surface area is 134 Å². The van der Waals surface area contributed by atoms with E-state index in [-0.39, 0.29) is 18.0 Å². The van der Waals surface area contributed by atoms with Crippen molar-refractivity contribution in [1.82, 2.24) is 10.2 Å². The van der Waals surface area contributed by atoms with Gasteiger partial charge in [-0.3, -0.25) is 9.59 Å². The molecule has 0 aliphatic heterocycles. The van der Waals surface area contributed by atoms with E-state index in [0.717, 1.165) is 0 Å². The number of nitriles is 1. The van der Waals surface area contributed by atoms with Crippen LogP contribution in [0.3, 0.4) is 0 Å². The molecule has 7 nitrogen and oxygen atoms in total. The maximum absolute atomic E-state index is 12.0. The van der Waals surface area contributed by atoms with Crippen molar-refractivity contribution < 1.29 is 19.1 Å². The second kappa shape index (κ2) is 9.20. The monoisotopic (exact) mass is 317 g/mol. The van der Waals surface area contributed by atoms with Crippen molar-refractivity contribution in [3.05, 3.63) is 35.4 Å². The van der Waals surface area contributed by atoms with Crippen LogP contribution in [0.25, 0.3) is 0 Å². The van der Waals surface area contributed by atoms with E-state index in [2.05, 4.69) is 5.32 Å². The van der Waals surface area contributed by atoms with Gasteiger partial charge < -0.3 is 15.0 Å². The molecule has 0 bridgehead atoms. The number of amides is 2. The number of likely N-dealkylation sites (N-methyl/N-ethyl adjacent to an activating group) is 2. The maximum atomic E-state index is 12.0. The van der Waals surface area contributed by atoms with Crippen LogP contribution in [0.1, 0.15) is 29.8 Å². The first-order valence-corrected chi connectivity index (χ1v) is 7.23. The number of hydrogen-bond acceptors (Lipinski definition) is 5. The van der Waals surface area contributed by atoms with Crippen LogP contribution in [0.15, 0.2) is 24.3 Å². The van der Waals surface area contributed by atoms with E-state index in [1.165, 1.54) is 29.2 Å². The van der Waals surface area contributed by atoms with Crippen LogP contribution in [0.4, 0.5) is 0 Å². The second-order valence-electron chi connectivity index (χ2n) is 4.63. The van der Waals surface area contributed by atoms with E-state index in [0.29, 0.717) is 18.7 Å². The van der Waals surface area contributed by atoms with Crippen LogP contribution >= 0.6 is 0 Å². The molecule has 0 saturated heterocycles. The maximum Gasteiger partial charge on any atom is 0.338 e. The highest BCUT2D eigenvalue weighted by molar-refractivity contribution is 5.92. The molecule has 1 N–H and O–H groups in total. The molecule has 122 valence electrons. The molecule has 1 rings (SSSR count). The van der Waals surface area contributed by atoms with E-state index in [1.54, 1.807) is 13.8 Å². The molecule has 0 fully saturated rings. The van der Waals surface area contributed by atoms with Gasteiger partial charge in [-0.2, -0.15) is 5.26 Å². The molecule has 0 aliphatic carbocycles. The van der Waals surface area contributed by atoms with Crippen LogP contribution in [-0.2, 0) is 14.3 Å². The standard InChI is InChI=1S/C16H19N3O4/c1-3-18-14(20)10-19(4-2)15(21)11-23-16(22)13-7-5-12(9-17)6-8-13/h5-8H,3-4,10-11H2,1-2H3,(H,18,20). The number of hydrogen-bond donors (Lipinski definition) is 1. The van der Waals surface area contributed by atoms with Gasteiger partial charge in [0.2, 0.25) is 5.91 Å². The molecule has 1 aromatic carbocycles. The summed E-state index contributed by atoms with van der Waals surface area (Å²) in [5.41, 5.74) is 0.681. The highest BCUT2D eigenvalue weighted by atomic mass is 16.5. The normalized spacial score (nSPS) is 9.61. The molecule has 0 heterocycles. The first-order valence-electron chi connectivity index (χ1n) is 7.23. The van der Waals surface area contributed by atoms with Gasteiger partial charge in [0.1, 0.15) is 0 Å². The van der Waals surface area contributed by atoms with Crippen LogP contribution in [0, 0.1) is 11.3 Å². The molecule has 0 aromatic heterocycles. The van der Waals surface area contributed by atoms with Gasteiger partial charge in [0.25, 0.3) is 5.91 Å². The van der Waals surface area contributed by atoms with Crippen molar-refractivity contribution in [3.63, 3.8) is 0 Å². The summed E-state index contributed by atoms with van der Waals surface area (Å²) < 4.78 is 4.94. The van der Waals surface area contributed by atoms with Crippen molar-refractivity contribution in [2.45, 2.75) is 13.8 Å². The Balaban J connectivity index is 2.54. The quantitative estimate of drug-likeness (QED) is 0.746. The Morgan fingerprint density at radius 2 is 1.87 bits per heavy atom. The minimum atomic E-state index is -0.656. The van der Waals surface area contributed by atoms with E-state index in [9.17, 15) is 14.4 Å². The molecule has 23 heavy (non-hydrogen) atoms. The highest BCUT2D eigenvalue weighted by Gasteiger charge is 2.17. The predicted molar refractivity (Wildman–Crippen MR) is 82.4 cm³/mol. The van der Waals surface area contributed by atoms with Gasteiger partial charge in [-0.1, -0.05) is 0 Å². The molecule has 0 atom stereocenters. The first-order chi connectivity index (χ1) is 11.0. The SMILES string of the molecule is CCNC(=O)CN(CC)C(=O)COC(=O)c1ccc(C#N)cc1. The minimum absolute atomic E-state index is 0.0718. The van der Waals surface area contributed by atoms with Crippen LogP contribution in [-0.4, -0.2) is 48.9 Å². The summed E-state index contributed by atoms with van der Waals surface area (Å²) in [7, 11) is 0. The third-order valence-electron chi connectivity index (χ3n) is 3.02. The fraction of sp³-hybridized carbons (Fsp3) is 0.375. The molecule has 0 unspecified atom stereocenters. The number of nitrogens with one attached hydrogen (secondary N) is 1. The molecule has 2 amide bonds. The summed E-state index contributed by atoms with van der Waals surface area (Å²) in [6, 6.07) is 7.84. The largest absolute Gasteiger partial charge is 0.452 e. The molecular weight excluding hydrogens is 298 g/mol. The van der Waals surface area contributed by atoms with Gasteiger partial charge in [0.05, 0.1) is 23.7 Å². The Morgan fingerprint density at radius 3 is 2.39 bits per heavy atom. The molecule has 0 saturated carbocycles. The number of carbonyl (C=O) groups excluding carboxylic acids is 3. The van der Waals surface area contributed by atoms with Crippen LogP contribution in [0.5, 0.6) is 0 Å². The molecule has 7 heteroatoms. The summed E-state index contributed by atoms with van der Waals surface area (Å²) in [5, 5.41) is 11.3. The molecule has 0 aliphatic rings. The zero-order chi connectivity index (χ0) is 17.2. The van der Waals surface area contributed by atoms with Gasteiger partial charge in [0, 0.05) is 13.1 Å². The zero-order valence-electron chi connectivity index (χ0n) is 13.2. The van der Waals surface area contributed by atoms with Gasteiger partial charge >= 0.3 is 5.97 Å². The summed E-state index contributed by atoms with van der Waals surface area (Å²) in [6.45, 7) is 3.83. The van der Waals surface area contributed by atoms with E-state index in [1.807, 2.05) is 6.07 Å². The minimum Gasteiger partial charge on any atom is -0.452 e. The Morgan fingerprint density at radius 1 is 1.22 bits per heavy atom. The highest BCUT2D eigenvalue weighted by Crippen LogP contribution is 2.05. The van der Waals surface area contributed by atoms with Gasteiger partial charge in [-0.15, -0.1) is 0 Å². The number of nitrogens with zero attached hydrogens (tertiary/aromatic N) is 2. The fourth-order valence-corrected chi connectivity index (χ4v) is 1.79.